The Hall–Kier alpha value is -1.78. The molecule has 5 nitrogen and oxygen atoms in total. The second-order valence-corrected chi connectivity index (χ2v) is 4.67. The minimum atomic E-state index is -1.01. The van der Waals surface area contributed by atoms with E-state index < -0.39 is 5.97 Å². The van der Waals surface area contributed by atoms with Gasteiger partial charge in [0.2, 0.25) is 0 Å². The van der Waals surface area contributed by atoms with Crippen molar-refractivity contribution >= 4 is 11.9 Å². The maximum Gasteiger partial charge on any atom is 0.311 e. The molecule has 1 amide bonds. The van der Waals surface area contributed by atoms with Crippen LogP contribution in [0.3, 0.4) is 0 Å². The number of rotatable bonds is 7. The molecule has 18 heavy (non-hydrogen) atoms. The fourth-order valence-electron chi connectivity index (χ4n) is 1.91. The van der Waals surface area contributed by atoms with E-state index in [0.29, 0.717) is 12.1 Å². The first-order valence-corrected chi connectivity index (χ1v) is 6.23. The van der Waals surface area contributed by atoms with Gasteiger partial charge >= 0.3 is 5.97 Å². The van der Waals surface area contributed by atoms with Crippen molar-refractivity contribution in [3.05, 3.63) is 23.7 Å². The fraction of sp³-hybridized carbons (Fsp3) is 0.538. The average molecular weight is 251 g/mol. The molecule has 0 aromatic carbocycles. The van der Waals surface area contributed by atoms with Crippen LogP contribution in [0.4, 0.5) is 0 Å². The van der Waals surface area contributed by atoms with E-state index in [1.165, 1.54) is 25.2 Å². The van der Waals surface area contributed by atoms with Crippen molar-refractivity contribution in [2.24, 2.45) is 5.92 Å². The van der Waals surface area contributed by atoms with Crippen LogP contribution in [-0.4, -0.2) is 23.5 Å². The van der Waals surface area contributed by atoms with Crippen LogP contribution in [0.1, 0.15) is 41.8 Å². The normalized spacial score (nSPS) is 14.4. The zero-order chi connectivity index (χ0) is 13.0. The molecule has 98 valence electrons. The number of hydrogen-bond donors (Lipinski definition) is 2. The summed E-state index contributed by atoms with van der Waals surface area (Å²) in [4.78, 5) is 22.4. The van der Waals surface area contributed by atoms with Crippen LogP contribution in [0, 0.1) is 5.92 Å². The SMILES string of the molecule is O=C(O)Cc1occc1C(=O)NCCCC1CC1. The van der Waals surface area contributed by atoms with E-state index in [0.717, 1.165) is 18.8 Å². The van der Waals surface area contributed by atoms with Gasteiger partial charge in [-0.3, -0.25) is 9.59 Å². The lowest BCUT2D eigenvalue weighted by atomic mass is 10.2. The molecule has 5 heteroatoms. The molecule has 0 spiro atoms. The summed E-state index contributed by atoms with van der Waals surface area (Å²) in [6.45, 7) is 0.632. The number of carboxylic acids is 1. The third-order valence-corrected chi connectivity index (χ3v) is 3.07. The van der Waals surface area contributed by atoms with Crippen LogP contribution in [0.15, 0.2) is 16.7 Å². The van der Waals surface area contributed by atoms with Crippen molar-refractivity contribution in [1.29, 1.82) is 0 Å². The molecule has 1 heterocycles. The number of hydrogen-bond acceptors (Lipinski definition) is 3. The summed E-state index contributed by atoms with van der Waals surface area (Å²) in [6.07, 6.45) is 5.85. The Balaban J connectivity index is 1.79. The maximum atomic E-state index is 11.8. The van der Waals surface area contributed by atoms with Gasteiger partial charge in [-0.25, -0.2) is 0 Å². The third kappa shape index (κ3) is 3.61. The van der Waals surface area contributed by atoms with Crippen LogP contribution in [-0.2, 0) is 11.2 Å². The molecule has 1 aliphatic carbocycles. The first-order valence-electron chi connectivity index (χ1n) is 6.23. The Bertz CT molecular complexity index is 434. The van der Waals surface area contributed by atoms with Crippen molar-refractivity contribution in [1.82, 2.24) is 5.32 Å². The van der Waals surface area contributed by atoms with Crippen LogP contribution in [0.2, 0.25) is 0 Å². The summed E-state index contributed by atoms with van der Waals surface area (Å²) in [6, 6.07) is 1.51. The number of aliphatic carboxylic acids is 1. The molecule has 2 N–H and O–H groups in total. The van der Waals surface area contributed by atoms with E-state index in [1.807, 2.05) is 0 Å². The van der Waals surface area contributed by atoms with E-state index in [9.17, 15) is 9.59 Å². The van der Waals surface area contributed by atoms with E-state index in [1.54, 1.807) is 0 Å². The van der Waals surface area contributed by atoms with Crippen molar-refractivity contribution in [3.8, 4) is 0 Å². The standard InChI is InChI=1S/C13H17NO4/c15-12(16)8-11-10(5-7-18-11)13(17)14-6-1-2-9-3-4-9/h5,7,9H,1-4,6,8H2,(H,14,17)(H,15,16). The van der Waals surface area contributed by atoms with E-state index in [2.05, 4.69) is 5.32 Å². The number of carbonyl (C=O) groups is 2. The molecule has 0 aliphatic heterocycles. The van der Waals surface area contributed by atoms with Crippen molar-refractivity contribution in [3.63, 3.8) is 0 Å². The third-order valence-electron chi connectivity index (χ3n) is 3.07. The number of carbonyl (C=O) groups excluding carboxylic acids is 1. The number of carboxylic acid groups (broad SMARTS) is 1. The van der Waals surface area contributed by atoms with Gasteiger partial charge in [0.1, 0.15) is 12.2 Å². The second kappa shape index (κ2) is 5.71. The van der Waals surface area contributed by atoms with Gasteiger partial charge in [0.15, 0.2) is 0 Å². The molecule has 0 saturated heterocycles. The Labute approximate surface area is 105 Å². The molecule has 1 saturated carbocycles. The van der Waals surface area contributed by atoms with Gasteiger partial charge in [0.05, 0.1) is 11.8 Å². The molecular weight excluding hydrogens is 234 g/mol. The highest BCUT2D eigenvalue weighted by molar-refractivity contribution is 5.95. The topological polar surface area (TPSA) is 79.5 Å². The highest BCUT2D eigenvalue weighted by atomic mass is 16.4. The predicted molar refractivity (Wildman–Crippen MR) is 64.3 cm³/mol. The molecule has 0 radical (unpaired) electrons. The predicted octanol–water partition coefficient (Wildman–Crippen LogP) is 1.83. The monoisotopic (exact) mass is 251 g/mol. The maximum absolute atomic E-state index is 11.8. The molecule has 1 aliphatic rings. The van der Waals surface area contributed by atoms with Gasteiger partial charge in [0.25, 0.3) is 5.91 Å². The Morgan fingerprint density at radius 2 is 2.22 bits per heavy atom. The van der Waals surface area contributed by atoms with Crippen LogP contribution in [0.5, 0.6) is 0 Å². The van der Waals surface area contributed by atoms with Crippen LogP contribution < -0.4 is 5.32 Å². The van der Waals surface area contributed by atoms with Gasteiger partial charge < -0.3 is 14.8 Å². The fourth-order valence-corrected chi connectivity index (χ4v) is 1.91. The van der Waals surface area contributed by atoms with Gasteiger partial charge in [-0.15, -0.1) is 0 Å². The van der Waals surface area contributed by atoms with E-state index in [-0.39, 0.29) is 18.1 Å². The van der Waals surface area contributed by atoms with Gasteiger partial charge in [0, 0.05) is 6.54 Å². The molecule has 1 aromatic rings. The molecule has 0 unspecified atom stereocenters. The van der Waals surface area contributed by atoms with Gasteiger partial charge in [-0.2, -0.15) is 0 Å². The van der Waals surface area contributed by atoms with Crippen LogP contribution in [0.25, 0.3) is 0 Å². The van der Waals surface area contributed by atoms with E-state index in [4.69, 9.17) is 9.52 Å². The minimum absolute atomic E-state index is 0.210. The molecule has 0 bridgehead atoms. The molecule has 1 aromatic heterocycles. The van der Waals surface area contributed by atoms with Crippen molar-refractivity contribution in [2.75, 3.05) is 6.54 Å². The summed E-state index contributed by atoms with van der Waals surface area (Å²) in [7, 11) is 0. The summed E-state index contributed by atoms with van der Waals surface area (Å²) in [5.74, 6) is -0.191. The summed E-state index contributed by atoms with van der Waals surface area (Å²) < 4.78 is 5.01. The summed E-state index contributed by atoms with van der Waals surface area (Å²) in [5.41, 5.74) is 0.323. The zero-order valence-electron chi connectivity index (χ0n) is 10.1. The highest BCUT2D eigenvalue weighted by Crippen LogP contribution is 2.33. The molecule has 1 fully saturated rings. The van der Waals surface area contributed by atoms with Gasteiger partial charge in [-0.05, 0) is 24.8 Å². The quantitative estimate of drug-likeness (QED) is 0.724. The molecular formula is C13H17NO4. The largest absolute Gasteiger partial charge is 0.481 e. The lowest BCUT2D eigenvalue weighted by molar-refractivity contribution is -0.136. The Kier molecular flexibility index (Phi) is 4.02. The second-order valence-electron chi connectivity index (χ2n) is 4.67. The summed E-state index contributed by atoms with van der Waals surface area (Å²) >= 11 is 0. The average Bonchev–Trinajstić information content (AvgIpc) is 3.03. The van der Waals surface area contributed by atoms with Crippen molar-refractivity contribution < 1.29 is 19.1 Å². The lowest BCUT2D eigenvalue weighted by Crippen LogP contribution is -2.25. The molecule has 2 rings (SSSR count). The Morgan fingerprint density at radius 3 is 2.89 bits per heavy atom. The van der Waals surface area contributed by atoms with Crippen LogP contribution >= 0.6 is 0 Å². The van der Waals surface area contributed by atoms with Gasteiger partial charge in [-0.1, -0.05) is 12.8 Å². The number of amides is 1. The smallest absolute Gasteiger partial charge is 0.311 e. The van der Waals surface area contributed by atoms with E-state index >= 15 is 0 Å². The zero-order valence-corrected chi connectivity index (χ0v) is 10.1. The first kappa shape index (κ1) is 12.7. The number of furan rings is 1. The van der Waals surface area contributed by atoms with Crippen molar-refractivity contribution in [2.45, 2.75) is 32.1 Å². The number of nitrogens with one attached hydrogen (secondary N) is 1. The Morgan fingerprint density at radius 1 is 1.44 bits per heavy atom. The lowest BCUT2D eigenvalue weighted by Gasteiger charge is -2.04. The first-order chi connectivity index (χ1) is 8.66. The highest BCUT2D eigenvalue weighted by Gasteiger charge is 2.20. The summed E-state index contributed by atoms with van der Waals surface area (Å²) in [5, 5.41) is 11.5. The minimum Gasteiger partial charge on any atom is -0.481 e. The molecule has 0 atom stereocenters.